The van der Waals surface area contributed by atoms with E-state index in [-0.39, 0.29) is 17.9 Å². The molecule has 3 N–H and O–H groups in total. The minimum Gasteiger partial charge on any atom is -0.490 e. The third kappa shape index (κ3) is 4.51. The Kier molecular flexibility index (Phi) is 6.54. The van der Waals surface area contributed by atoms with E-state index in [1.807, 2.05) is 32.9 Å². The van der Waals surface area contributed by atoms with E-state index in [1.165, 1.54) is 0 Å². The molecule has 4 rings (SSSR count). The summed E-state index contributed by atoms with van der Waals surface area (Å²) in [6.45, 7) is 6.90. The maximum atomic E-state index is 12.5. The first-order valence-electron chi connectivity index (χ1n) is 11.1. The Hall–Kier alpha value is -3.54. The standard InChI is InChI=1S/C25H27N5O3/c1-14(2)32-22-7-4-16(12-17(22)13-27)25-29-24(30-33-25)19-5-6-20-18(15(19)3)9-11-28-23(20)21(31)8-10-26/h4-7,12,14,23,28H,8-11,26H2,1-3H3. The summed E-state index contributed by atoms with van der Waals surface area (Å²) in [6.07, 6.45) is 1.12. The van der Waals surface area contributed by atoms with Crippen molar-refractivity contribution < 1.29 is 14.1 Å². The van der Waals surface area contributed by atoms with Crippen LogP contribution < -0.4 is 15.8 Å². The number of nitrogens with one attached hydrogen (secondary N) is 1. The molecule has 1 aliphatic heterocycles. The lowest BCUT2D eigenvalue weighted by molar-refractivity contribution is -0.121. The molecular weight excluding hydrogens is 418 g/mol. The minimum absolute atomic E-state index is 0.0367. The number of Topliss-reactive ketones (excluding diaryl/α,β-unsaturated/α-hetero) is 1. The zero-order valence-electron chi connectivity index (χ0n) is 19.0. The number of hydrogen-bond donors (Lipinski definition) is 2. The molecule has 170 valence electrons. The second-order valence-corrected chi connectivity index (χ2v) is 8.36. The highest BCUT2D eigenvalue weighted by Gasteiger charge is 2.28. The zero-order chi connectivity index (χ0) is 23.5. The van der Waals surface area contributed by atoms with Crippen LogP contribution in [0.4, 0.5) is 0 Å². The number of carbonyl (C=O) groups excluding carboxylic acids is 1. The lowest BCUT2D eigenvalue weighted by Gasteiger charge is -2.28. The Morgan fingerprint density at radius 1 is 1.36 bits per heavy atom. The number of fused-ring (bicyclic) bond motifs is 1. The van der Waals surface area contributed by atoms with Crippen molar-refractivity contribution in [3.63, 3.8) is 0 Å². The minimum atomic E-state index is -0.332. The van der Waals surface area contributed by atoms with Gasteiger partial charge in [-0.1, -0.05) is 17.3 Å². The summed E-state index contributed by atoms with van der Waals surface area (Å²) in [5.41, 5.74) is 10.7. The number of aromatic nitrogens is 2. The molecule has 8 nitrogen and oxygen atoms in total. The lowest BCUT2D eigenvalue weighted by atomic mass is 9.86. The highest BCUT2D eigenvalue weighted by molar-refractivity contribution is 5.86. The average molecular weight is 446 g/mol. The number of ether oxygens (including phenoxy) is 1. The van der Waals surface area contributed by atoms with Crippen LogP contribution in [-0.4, -0.2) is 35.1 Å². The predicted molar refractivity (Wildman–Crippen MR) is 124 cm³/mol. The normalized spacial score (nSPS) is 15.2. The summed E-state index contributed by atoms with van der Waals surface area (Å²) >= 11 is 0. The predicted octanol–water partition coefficient (Wildman–Crippen LogP) is 3.48. The average Bonchev–Trinajstić information content (AvgIpc) is 3.29. The molecule has 0 aliphatic carbocycles. The van der Waals surface area contributed by atoms with Crippen molar-refractivity contribution in [3.8, 4) is 34.7 Å². The summed E-state index contributed by atoms with van der Waals surface area (Å²) in [5.74, 6) is 1.42. The molecule has 1 unspecified atom stereocenters. The van der Waals surface area contributed by atoms with Crippen LogP contribution in [0.3, 0.4) is 0 Å². The fraction of sp³-hybridized carbons (Fsp3) is 0.360. The molecule has 0 amide bonds. The Morgan fingerprint density at radius 3 is 2.91 bits per heavy atom. The fourth-order valence-electron chi connectivity index (χ4n) is 4.20. The number of ketones is 1. The molecule has 3 aromatic rings. The van der Waals surface area contributed by atoms with Crippen LogP contribution in [0, 0.1) is 18.3 Å². The van der Waals surface area contributed by atoms with Gasteiger partial charge in [0.25, 0.3) is 5.89 Å². The first-order valence-corrected chi connectivity index (χ1v) is 11.1. The summed E-state index contributed by atoms with van der Waals surface area (Å²) in [6, 6.07) is 11.0. The van der Waals surface area contributed by atoms with Gasteiger partial charge in [0.05, 0.1) is 17.7 Å². The van der Waals surface area contributed by atoms with Crippen LogP contribution in [0.25, 0.3) is 22.8 Å². The lowest BCUT2D eigenvalue weighted by Crippen LogP contribution is -2.36. The van der Waals surface area contributed by atoms with Gasteiger partial charge in [0.15, 0.2) is 5.78 Å². The van der Waals surface area contributed by atoms with Crippen LogP contribution in [0.15, 0.2) is 34.9 Å². The number of benzene rings is 2. The van der Waals surface area contributed by atoms with Crippen molar-refractivity contribution in [1.82, 2.24) is 15.5 Å². The summed E-state index contributed by atoms with van der Waals surface area (Å²) in [5, 5.41) is 17.0. The molecule has 2 aromatic carbocycles. The number of nitriles is 1. The van der Waals surface area contributed by atoms with Crippen molar-refractivity contribution in [3.05, 3.63) is 52.6 Å². The second kappa shape index (κ2) is 9.53. The van der Waals surface area contributed by atoms with Crippen LogP contribution in [0.1, 0.15) is 48.6 Å². The van der Waals surface area contributed by atoms with Gasteiger partial charge in [-0.2, -0.15) is 10.2 Å². The van der Waals surface area contributed by atoms with Gasteiger partial charge in [-0.25, -0.2) is 0 Å². The molecule has 8 heteroatoms. The molecule has 1 aromatic heterocycles. The smallest absolute Gasteiger partial charge is 0.258 e. The monoisotopic (exact) mass is 445 g/mol. The Balaban J connectivity index is 1.66. The van der Waals surface area contributed by atoms with E-state index in [2.05, 4.69) is 21.5 Å². The number of nitrogens with zero attached hydrogens (tertiary/aromatic N) is 3. The quantitative estimate of drug-likeness (QED) is 0.566. The van der Waals surface area contributed by atoms with E-state index in [4.69, 9.17) is 15.0 Å². The molecule has 0 fully saturated rings. The van der Waals surface area contributed by atoms with Crippen molar-refractivity contribution in [1.29, 1.82) is 5.26 Å². The highest BCUT2D eigenvalue weighted by Crippen LogP contribution is 2.34. The third-order valence-corrected chi connectivity index (χ3v) is 5.76. The Morgan fingerprint density at radius 2 is 2.18 bits per heavy atom. The van der Waals surface area contributed by atoms with Gasteiger partial charge in [-0.05, 0) is 68.6 Å². The van der Waals surface area contributed by atoms with E-state index in [9.17, 15) is 10.1 Å². The van der Waals surface area contributed by atoms with Gasteiger partial charge in [0, 0.05) is 24.1 Å². The van der Waals surface area contributed by atoms with Crippen molar-refractivity contribution in [2.45, 2.75) is 45.8 Å². The second-order valence-electron chi connectivity index (χ2n) is 8.36. The summed E-state index contributed by atoms with van der Waals surface area (Å²) < 4.78 is 11.2. The first-order chi connectivity index (χ1) is 15.9. The summed E-state index contributed by atoms with van der Waals surface area (Å²) in [4.78, 5) is 17.1. The molecular formula is C25H27N5O3. The topological polar surface area (TPSA) is 127 Å². The largest absolute Gasteiger partial charge is 0.490 e. The van der Waals surface area contributed by atoms with E-state index in [0.29, 0.717) is 41.6 Å². The molecule has 33 heavy (non-hydrogen) atoms. The molecule has 0 spiro atoms. The fourth-order valence-corrected chi connectivity index (χ4v) is 4.20. The van der Waals surface area contributed by atoms with Crippen molar-refractivity contribution in [2.75, 3.05) is 13.1 Å². The zero-order valence-corrected chi connectivity index (χ0v) is 19.0. The van der Waals surface area contributed by atoms with Crippen molar-refractivity contribution in [2.24, 2.45) is 5.73 Å². The number of nitrogens with two attached hydrogens (primary N) is 1. The van der Waals surface area contributed by atoms with E-state index < -0.39 is 0 Å². The number of hydrogen-bond acceptors (Lipinski definition) is 8. The molecule has 0 radical (unpaired) electrons. The van der Waals surface area contributed by atoms with E-state index >= 15 is 0 Å². The van der Waals surface area contributed by atoms with Crippen LogP contribution >= 0.6 is 0 Å². The Bertz CT molecular complexity index is 1230. The van der Waals surface area contributed by atoms with Crippen LogP contribution in [0.5, 0.6) is 5.75 Å². The number of rotatable bonds is 7. The molecule has 0 bridgehead atoms. The van der Waals surface area contributed by atoms with E-state index in [1.54, 1.807) is 18.2 Å². The van der Waals surface area contributed by atoms with E-state index in [0.717, 1.165) is 35.2 Å². The maximum absolute atomic E-state index is 12.5. The highest BCUT2D eigenvalue weighted by atomic mass is 16.5. The van der Waals surface area contributed by atoms with Gasteiger partial charge in [0.1, 0.15) is 11.8 Å². The van der Waals surface area contributed by atoms with Crippen LogP contribution in [-0.2, 0) is 11.2 Å². The Labute approximate surface area is 192 Å². The van der Waals surface area contributed by atoms with Crippen molar-refractivity contribution >= 4 is 5.78 Å². The molecule has 2 heterocycles. The maximum Gasteiger partial charge on any atom is 0.258 e. The van der Waals surface area contributed by atoms with Gasteiger partial charge in [-0.15, -0.1) is 0 Å². The SMILES string of the molecule is Cc1c(-c2noc(-c3ccc(OC(C)C)c(C#N)c3)n2)ccc2c1CCNC2C(=O)CCN. The van der Waals surface area contributed by atoms with Crippen LogP contribution in [0.2, 0.25) is 0 Å². The number of carbonyl (C=O) groups is 1. The van der Waals surface area contributed by atoms with Gasteiger partial charge in [0.2, 0.25) is 5.82 Å². The molecule has 1 atom stereocenters. The first kappa shape index (κ1) is 22.6. The molecule has 0 saturated heterocycles. The van der Waals surface area contributed by atoms with Gasteiger partial charge < -0.3 is 20.3 Å². The summed E-state index contributed by atoms with van der Waals surface area (Å²) in [7, 11) is 0. The third-order valence-electron chi connectivity index (χ3n) is 5.76. The van der Waals surface area contributed by atoms with Gasteiger partial charge in [-0.3, -0.25) is 4.79 Å². The molecule has 0 saturated carbocycles. The van der Waals surface area contributed by atoms with Gasteiger partial charge >= 0.3 is 0 Å². The molecule has 1 aliphatic rings.